The number of methoxy groups -OCH3 is 1. The minimum atomic E-state index is -0.693. The SMILES string of the molecule is COC(=O)NC[C@@H]1OC(=O)N2c3ccc(-c4ccc(C5(C#N)[C@@H]6CN(C(=O)CO)C[C@@H]65)nc4)cc3C[C@@H]12. The van der Waals surface area contributed by atoms with E-state index in [0.29, 0.717) is 25.2 Å². The summed E-state index contributed by atoms with van der Waals surface area (Å²) in [6.45, 7) is 0.571. The second kappa shape index (κ2) is 8.45. The van der Waals surface area contributed by atoms with E-state index in [9.17, 15) is 19.6 Å². The van der Waals surface area contributed by atoms with Crippen molar-refractivity contribution in [2.24, 2.45) is 11.8 Å². The average molecular weight is 504 g/mol. The fourth-order valence-corrected chi connectivity index (χ4v) is 6.24. The zero-order chi connectivity index (χ0) is 25.9. The fraction of sp³-hybridized carbons (Fsp3) is 0.423. The Hall–Kier alpha value is -4.17. The highest BCUT2D eigenvalue weighted by Crippen LogP contribution is 2.62. The summed E-state index contributed by atoms with van der Waals surface area (Å²) in [5.41, 5.74) is 3.64. The molecule has 11 heteroatoms. The lowest BCUT2D eigenvalue weighted by atomic mass is 9.95. The highest BCUT2D eigenvalue weighted by atomic mass is 16.6. The number of alkyl carbamates (subject to hydrolysis) is 1. The fourth-order valence-electron chi connectivity index (χ4n) is 6.24. The Kier molecular flexibility index (Phi) is 5.31. The number of amides is 3. The molecule has 3 fully saturated rings. The van der Waals surface area contributed by atoms with Crippen LogP contribution in [-0.4, -0.2) is 78.6 Å². The number of anilines is 1. The van der Waals surface area contributed by atoms with Crippen LogP contribution in [0.5, 0.6) is 0 Å². The summed E-state index contributed by atoms with van der Waals surface area (Å²) in [4.78, 5) is 43.6. The molecule has 1 aromatic carbocycles. The first-order valence-corrected chi connectivity index (χ1v) is 12.1. The van der Waals surface area contributed by atoms with Gasteiger partial charge in [0.15, 0.2) is 0 Å². The molecule has 4 aliphatic rings. The van der Waals surface area contributed by atoms with Gasteiger partial charge in [-0.15, -0.1) is 0 Å². The first-order chi connectivity index (χ1) is 17.9. The van der Waals surface area contributed by atoms with Crippen LogP contribution in [0.3, 0.4) is 0 Å². The largest absolute Gasteiger partial charge is 0.453 e. The van der Waals surface area contributed by atoms with Crippen molar-refractivity contribution < 1.29 is 29.0 Å². The summed E-state index contributed by atoms with van der Waals surface area (Å²) in [6, 6.07) is 11.9. The maximum Gasteiger partial charge on any atom is 0.415 e. The second-order valence-corrected chi connectivity index (χ2v) is 9.86. The number of carbonyl (C=O) groups is 3. The number of nitriles is 1. The van der Waals surface area contributed by atoms with Crippen LogP contribution in [0.4, 0.5) is 15.3 Å². The molecule has 3 amide bonds. The number of likely N-dealkylation sites (tertiary alicyclic amines) is 1. The van der Waals surface area contributed by atoms with Crippen LogP contribution in [0, 0.1) is 23.2 Å². The zero-order valence-corrected chi connectivity index (χ0v) is 20.1. The van der Waals surface area contributed by atoms with E-state index in [2.05, 4.69) is 21.1 Å². The molecule has 37 heavy (non-hydrogen) atoms. The standard InChI is InChI=1S/C26H25N5O6/c1-36-24(34)29-9-21-20-7-16-6-14(2-4-19(16)31(20)25(35)37-21)15-3-5-22(28-8-15)26(13-27)17-10-30(11-18(17)26)23(33)12-32/h2-6,8,17-18,20-21,32H,7,9-12H2,1H3,(H,29,34)/t17-,18+,20-,21-,26?/m0/s1. The summed E-state index contributed by atoms with van der Waals surface area (Å²) in [6.07, 6.45) is 0.862. The van der Waals surface area contributed by atoms with Crippen molar-refractivity contribution >= 4 is 23.8 Å². The number of aliphatic hydroxyl groups is 1. The summed E-state index contributed by atoms with van der Waals surface area (Å²) < 4.78 is 10.1. The normalized spacial score (nSPS) is 28.6. The smallest absolute Gasteiger partial charge is 0.415 e. The van der Waals surface area contributed by atoms with Crippen LogP contribution in [0.1, 0.15) is 11.3 Å². The van der Waals surface area contributed by atoms with Gasteiger partial charge < -0.3 is 24.8 Å². The molecule has 1 aromatic heterocycles. The number of ether oxygens (including phenoxy) is 2. The Bertz CT molecular complexity index is 1330. The van der Waals surface area contributed by atoms with Gasteiger partial charge in [-0.1, -0.05) is 12.1 Å². The quantitative estimate of drug-likeness (QED) is 0.619. The number of rotatable bonds is 5. The van der Waals surface area contributed by atoms with Gasteiger partial charge in [0.1, 0.15) is 18.1 Å². The van der Waals surface area contributed by atoms with Crippen LogP contribution in [0.2, 0.25) is 0 Å². The van der Waals surface area contributed by atoms with Crippen LogP contribution >= 0.6 is 0 Å². The van der Waals surface area contributed by atoms with Crippen molar-refractivity contribution in [2.75, 3.05) is 38.3 Å². The topological polar surface area (TPSA) is 145 Å². The van der Waals surface area contributed by atoms with E-state index < -0.39 is 30.3 Å². The average Bonchev–Trinajstić information content (AvgIpc) is 3.29. The van der Waals surface area contributed by atoms with E-state index in [1.54, 1.807) is 16.0 Å². The molecule has 1 aliphatic carbocycles. The van der Waals surface area contributed by atoms with E-state index >= 15 is 0 Å². The molecule has 5 atom stereocenters. The molecule has 2 N–H and O–H groups in total. The van der Waals surface area contributed by atoms with Gasteiger partial charge in [-0.3, -0.25) is 14.7 Å². The lowest BCUT2D eigenvalue weighted by Gasteiger charge is -2.22. The van der Waals surface area contributed by atoms with Gasteiger partial charge in [-0.05, 0) is 35.7 Å². The summed E-state index contributed by atoms with van der Waals surface area (Å²) in [5, 5.41) is 21.7. The number of nitrogens with one attached hydrogen (secondary N) is 1. The summed E-state index contributed by atoms with van der Waals surface area (Å²) in [5.74, 6) is -0.249. The van der Waals surface area contributed by atoms with E-state index in [-0.39, 0.29) is 30.3 Å². The van der Waals surface area contributed by atoms with Gasteiger partial charge in [0.2, 0.25) is 5.91 Å². The number of nitrogens with zero attached hydrogens (tertiary/aromatic N) is 4. The van der Waals surface area contributed by atoms with Gasteiger partial charge >= 0.3 is 12.2 Å². The minimum absolute atomic E-state index is 0.0289. The van der Waals surface area contributed by atoms with Crippen molar-refractivity contribution in [3.05, 3.63) is 47.8 Å². The number of cyclic esters (lactones) is 1. The van der Waals surface area contributed by atoms with Crippen molar-refractivity contribution in [2.45, 2.75) is 24.0 Å². The molecule has 11 nitrogen and oxygen atoms in total. The molecule has 2 saturated heterocycles. The number of aliphatic hydroxyl groups excluding tert-OH is 1. The molecule has 190 valence electrons. The monoisotopic (exact) mass is 503 g/mol. The molecular formula is C26H25N5O6. The predicted molar refractivity (Wildman–Crippen MR) is 128 cm³/mol. The molecule has 0 bridgehead atoms. The Balaban J connectivity index is 1.18. The van der Waals surface area contributed by atoms with Crippen molar-refractivity contribution in [1.82, 2.24) is 15.2 Å². The highest BCUT2D eigenvalue weighted by Gasteiger charge is 2.71. The van der Waals surface area contributed by atoms with Gasteiger partial charge in [-0.2, -0.15) is 5.26 Å². The lowest BCUT2D eigenvalue weighted by molar-refractivity contribution is -0.133. The first-order valence-electron chi connectivity index (χ1n) is 12.1. The van der Waals surface area contributed by atoms with Gasteiger partial charge in [0, 0.05) is 36.7 Å². The highest BCUT2D eigenvalue weighted by molar-refractivity contribution is 5.94. The molecule has 1 saturated carbocycles. The van der Waals surface area contributed by atoms with Crippen LogP contribution < -0.4 is 10.2 Å². The van der Waals surface area contributed by atoms with Crippen LogP contribution in [0.25, 0.3) is 11.1 Å². The van der Waals surface area contributed by atoms with E-state index in [4.69, 9.17) is 9.84 Å². The first kappa shape index (κ1) is 23.2. The van der Waals surface area contributed by atoms with Crippen molar-refractivity contribution in [3.63, 3.8) is 0 Å². The molecule has 4 heterocycles. The number of hydrogen-bond donors (Lipinski definition) is 2. The Morgan fingerprint density at radius 3 is 2.68 bits per heavy atom. The third-order valence-corrected chi connectivity index (χ3v) is 8.18. The van der Waals surface area contributed by atoms with Crippen LogP contribution in [0.15, 0.2) is 36.5 Å². The number of pyridine rings is 1. The molecule has 0 radical (unpaired) electrons. The number of carbonyl (C=O) groups excluding carboxylic acids is 3. The predicted octanol–water partition coefficient (Wildman–Crippen LogP) is 1.20. The zero-order valence-electron chi connectivity index (χ0n) is 20.1. The Labute approximate surface area is 212 Å². The van der Waals surface area contributed by atoms with E-state index in [1.807, 2.05) is 30.3 Å². The minimum Gasteiger partial charge on any atom is -0.453 e. The maximum atomic E-state index is 12.5. The number of aromatic nitrogens is 1. The van der Waals surface area contributed by atoms with E-state index in [1.165, 1.54) is 7.11 Å². The third kappa shape index (κ3) is 3.43. The third-order valence-electron chi connectivity index (χ3n) is 8.18. The van der Waals surface area contributed by atoms with Crippen molar-refractivity contribution in [1.29, 1.82) is 5.26 Å². The van der Waals surface area contributed by atoms with Crippen LogP contribution in [-0.2, 0) is 26.1 Å². The Morgan fingerprint density at radius 1 is 1.27 bits per heavy atom. The second-order valence-electron chi connectivity index (χ2n) is 9.86. The van der Waals surface area contributed by atoms with Gasteiger partial charge in [-0.25, -0.2) is 9.59 Å². The summed E-state index contributed by atoms with van der Waals surface area (Å²) in [7, 11) is 1.28. The molecular weight excluding hydrogens is 478 g/mol. The maximum absolute atomic E-state index is 12.5. The number of hydrogen-bond acceptors (Lipinski definition) is 8. The van der Waals surface area contributed by atoms with Crippen molar-refractivity contribution in [3.8, 4) is 17.2 Å². The number of piperidine rings is 1. The molecule has 3 aliphatic heterocycles. The molecule has 0 spiro atoms. The number of fused-ring (bicyclic) bond motifs is 4. The molecule has 1 unspecified atom stereocenters. The van der Waals surface area contributed by atoms with Gasteiger partial charge in [0.25, 0.3) is 0 Å². The van der Waals surface area contributed by atoms with Gasteiger partial charge in [0.05, 0.1) is 37.1 Å². The Morgan fingerprint density at radius 2 is 2.03 bits per heavy atom. The molecule has 2 aromatic rings. The lowest BCUT2D eigenvalue weighted by Crippen LogP contribution is -2.40. The van der Waals surface area contributed by atoms with E-state index in [0.717, 1.165) is 22.4 Å². The summed E-state index contributed by atoms with van der Waals surface area (Å²) >= 11 is 0. The molecule has 6 rings (SSSR count). The number of benzene rings is 1.